The van der Waals surface area contributed by atoms with Crippen molar-refractivity contribution in [1.82, 2.24) is 0 Å². The van der Waals surface area contributed by atoms with Crippen LogP contribution in [0.4, 0.5) is 5.69 Å². The Morgan fingerprint density at radius 2 is 2.11 bits per heavy atom. The number of sulfonamides is 1. The number of nitrogens with zero attached hydrogens (tertiary/aromatic N) is 2. The molecule has 100 valence electrons. The van der Waals surface area contributed by atoms with Crippen molar-refractivity contribution in [2.45, 2.75) is 18.6 Å². The smallest absolute Gasteiger partial charge is 0.249 e. The molecule has 0 bridgehead atoms. The van der Waals surface area contributed by atoms with E-state index < -0.39 is 15.3 Å². The van der Waals surface area contributed by atoms with Gasteiger partial charge in [-0.1, -0.05) is 6.92 Å². The molecule has 1 atom stereocenters. The van der Waals surface area contributed by atoms with Crippen molar-refractivity contribution in [1.29, 1.82) is 10.5 Å². The Kier molecular flexibility index (Phi) is 4.74. The average Bonchev–Trinajstić information content (AvgIpc) is 2.39. The van der Waals surface area contributed by atoms with Crippen molar-refractivity contribution < 1.29 is 13.2 Å². The Labute approximate surface area is 112 Å². The minimum Gasteiger partial charge on any atom is -0.495 e. The van der Waals surface area contributed by atoms with Crippen molar-refractivity contribution in [3.63, 3.8) is 0 Å². The van der Waals surface area contributed by atoms with Crippen LogP contribution in [0.1, 0.15) is 18.9 Å². The molecule has 0 aliphatic heterocycles. The zero-order valence-electron chi connectivity index (χ0n) is 10.5. The molecule has 0 aliphatic rings. The van der Waals surface area contributed by atoms with Gasteiger partial charge < -0.3 is 4.74 Å². The van der Waals surface area contributed by atoms with E-state index >= 15 is 0 Å². The first kappa shape index (κ1) is 14.8. The van der Waals surface area contributed by atoms with Gasteiger partial charge in [-0.05, 0) is 18.6 Å². The number of hydrogen-bond donors (Lipinski definition) is 1. The lowest BCUT2D eigenvalue weighted by atomic mass is 10.2. The van der Waals surface area contributed by atoms with Crippen LogP contribution in [0.3, 0.4) is 0 Å². The van der Waals surface area contributed by atoms with Gasteiger partial charge in [0, 0.05) is 6.07 Å². The van der Waals surface area contributed by atoms with Crippen molar-refractivity contribution in [3.8, 4) is 17.9 Å². The molecule has 0 aliphatic carbocycles. The highest BCUT2D eigenvalue weighted by Crippen LogP contribution is 2.27. The van der Waals surface area contributed by atoms with Crippen molar-refractivity contribution >= 4 is 15.7 Å². The number of nitrogens with one attached hydrogen (secondary N) is 1. The molecule has 0 saturated carbocycles. The first-order valence-electron chi connectivity index (χ1n) is 5.47. The maximum absolute atomic E-state index is 11.9. The fraction of sp³-hybridized carbons (Fsp3) is 0.333. The standard InChI is InChI=1S/C12H13N3O3S/c1-3-10(8-14)19(16,17)15-11-5-4-9(7-13)6-12(11)18-2/h4-6,10,15H,3H2,1-2H3. The number of ether oxygens (including phenoxy) is 1. The fourth-order valence-electron chi connectivity index (χ4n) is 1.45. The van der Waals surface area contributed by atoms with E-state index in [-0.39, 0.29) is 17.9 Å². The molecule has 1 unspecified atom stereocenters. The normalized spacial score (nSPS) is 12.0. The van der Waals surface area contributed by atoms with E-state index in [9.17, 15) is 8.42 Å². The van der Waals surface area contributed by atoms with Gasteiger partial charge in [0.1, 0.15) is 5.75 Å². The monoisotopic (exact) mass is 279 g/mol. The maximum Gasteiger partial charge on any atom is 0.249 e. The molecule has 6 nitrogen and oxygen atoms in total. The van der Waals surface area contributed by atoms with Crippen molar-refractivity contribution in [2.75, 3.05) is 11.8 Å². The summed E-state index contributed by atoms with van der Waals surface area (Å²) in [6.07, 6.45) is 0.185. The topological polar surface area (TPSA) is 103 Å². The summed E-state index contributed by atoms with van der Waals surface area (Å²) in [5.74, 6) is 0.232. The molecular formula is C12H13N3O3S. The van der Waals surface area contributed by atoms with E-state index in [1.807, 2.05) is 6.07 Å². The summed E-state index contributed by atoms with van der Waals surface area (Å²) in [7, 11) is -2.43. The summed E-state index contributed by atoms with van der Waals surface area (Å²) in [4.78, 5) is 0. The van der Waals surface area contributed by atoms with Crippen LogP contribution in [-0.4, -0.2) is 20.8 Å². The molecule has 1 rings (SSSR count). The highest BCUT2D eigenvalue weighted by molar-refractivity contribution is 7.93. The van der Waals surface area contributed by atoms with Gasteiger partial charge in [0.2, 0.25) is 10.0 Å². The number of nitriles is 2. The Morgan fingerprint density at radius 3 is 2.58 bits per heavy atom. The van der Waals surface area contributed by atoms with E-state index in [1.54, 1.807) is 13.0 Å². The summed E-state index contributed by atoms with van der Waals surface area (Å²) < 4.78 is 31.2. The average molecular weight is 279 g/mol. The van der Waals surface area contributed by atoms with Gasteiger partial charge in [0.25, 0.3) is 0 Å². The highest BCUT2D eigenvalue weighted by atomic mass is 32.2. The van der Waals surface area contributed by atoms with Crippen molar-refractivity contribution in [3.05, 3.63) is 23.8 Å². The van der Waals surface area contributed by atoms with E-state index in [4.69, 9.17) is 15.3 Å². The number of rotatable bonds is 5. The second-order valence-electron chi connectivity index (χ2n) is 3.70. The lowest BCUT2D eigenvalue weighted by Crippen LogP contribution is -2.26. The third kappa shape index (κ3) is 3.36. The van der Waals surface area contributed by atoms with Gasteiger partial charge in [0.05, 0.1) is 30.5 Å². The lowest BCUT2D eigenvalue weighted by molar-refractivity contribution is 0.416. The molecule has 0 spiro atoms. The summed E-state index contributed by atoms with van der Waals surface area (Å²) in [6.45, 7) is 1.61. The van der Waals surface area contributed by atoms with Gasteiger partial charge in [-0.2, -0.15) is 10.5 Å². The Balaban J connectivity index is 3.14. The third-order valence-electron chi connectivity index (χ3n) is 2.47. The molecule has 0 fully saturated rings. The van der Waals surface area contributed by atoms with E-state index in [0.717, 1.165) is 0 Å². The zero-order chi connectivity index (χ0) is 14.5. The predicted octanol–water partition coefficient (Wildman–Crippen LogP) is 1.61. The van der Waals surface area contributed by atoms with Gasteiger partial charge in [-0.3, -0.25) is 4.72 Å². The zero-order valence-corrected chi connectivity index (χ0v) is 11.4. The molecule has 0 heterocycles. The van der Waals surface area contributed by atoms with Gasteiger partial charge in [-0.25, -0.2) is 8.42 Å². The molecule has 0 saturated heterocycles. The number of hydrogen-bond acceptors (Lipinski definition) is 5. The molecule has 1 aromatic carbocycles. The molecule has 7 heteroatoms. The van der Waals surface area contributed by atoms with Crippen LogP contribution in [0, 0.1) is 22.7 Å². The minimum atomic E-state index is -3.80. The van der Waals surface area contributed by atoms with Crippen LogP contribution in [0.15, 0.2) is 18.2 Å². The van der Waals surface area contributed by atoms with E-state index in [1.165, 1.54) is 25.3 Å². The molecule has 1 N–H and O–H groups in total. The molecule has 0 radical (unpaired) electrons. The van der Waals surface area contributed by atoms with Crippen molar-refractivity contribution in [2.24, 2.45) is 0 Å². The van der Waals surface area contributed by atoms with E-state index in [2.05, 4.69) is 4.72 Å². The molecule has 19 heavy (non-hydrogen) atoms. The SMILES string of the molecule is CCC(C#N)S(=O)(=O)Nc1ccc(C#N)cc1OC. The second-order valence-corrected chi connectivity index (χ2v) is 5.56. The molecule has 0 aromatic heterocycles. The predicted molar refractivity (Wildman–Crippen MR) is 69.9 cm³/mol. The lowest BCUT2D eigenvalue weighted by Gasteiger charge is -2.14. The van der Waals surface area contributed by atoms with Gasteiger partial charge >= 0.3 is 0 Å². The number of methoxy groups -OCH3 is 1. The van der Waals surface area contributed by atoms with Crippen LogP contribution in [0.5, 0.6) is 5.75 Å². The quantitative estimate of drug-likeness (QED) is 0.881. The number of benzene rings is 1. The molecule has 1 aromatic rings. The highest BCUT2D eigenvalue weighted by Gasteiger charge is 2.24. The van der Waals surface area contributed by atoms with E-state index in [0.29, 0.717) is 5.56 Å². The summed E-state index contributed by atoms with van der Waals surface area (Å²) >= 11 is 0. The molecule has 0 amide bonds. The largest absolute Gasteiger partial charge is 0.495 e. The van der Waals surface area contributed by atoms with Crippen LogP contribution >= 0.6 is 0 Å². The summed E-state index contributed by atoms with van der Waals surface area (Å²) in [5.41, 5.74) is 0.558. The minimum absolute atomic E-state index is 0.185. The Hall–Kier alpha value is -2.25. The Bertz CT molecular complexity index is 641. The fourth-order valence-corrected chi connectivity index (χ4v) is 2.64. The maximum atomic E-state index is 11.9. The second kappa shape index (κ2) is 6.07. The van der Waals surface area contributed by atoms with Crippen LogP contribution in [0.25, 0.3) is 0 Å². The van der Waals surface area contributed by atoms with Gasteiger partial charge in [-0.15, -0.1) is 0 Å². The molecular weight excluding hydrogens is 266 g/mol. The number of anilines is 1. The first-order chi connectivity index (χ1) is 8.98. The summed E-state index contributed by atoms with van der Waals surface area (Å²) in [6, 6.07) is 7.97. The third-order valence-corrected chi connectivity index (χ3v) is 4.16. The summed E-state index contributed by atoms with van der Waals surface area (Å²) in [5, 5.41) is 16.4. The van der Waals surface area contributed by atoms with Gasteiger partial charge in [0.15, 0.2) is 5.25 Å². The first-order valence-corrected chi connectivity index (χ1v) is 7.02. The van der Waals surface area contributed by atoms with Crippen LogP contribution < -0.4 is 9.46 Å². The van der Waals surface area contributed by atoms with Crippen LogP contribution in [0.2, 0.25) is 0 Å². The van der Waals surface area contributed by atoms with Crippen LogP contribution in [-0.2, 0) is 10.0 Å². The Morgan fingerprint density at radius 1 is 1.42 bits per heavy atom.